The summed E-state index contributed by atoms with van der Waals surface area (Å²) in [6.45, 7) is 2.04. The van der Waals surface area contributed by atoms with Crippen LogP contribution in [0.25, 0.3) is 0 Å². The number of carbonyl (C=O) groups excluding carboxylic acids is 2. The Bertz CT molecular complexity index is 897. The molecule has 140 valence electrons. The quantitative estimate of drug-likeness (QED) is 0.623. The highest BCUT2D eigenvalue weighted by Crippen LogP contribution is 2.28. The third kappa shape index (κ3) is 4.41. The molecule has 1 saturated heterocycles. The molecule has 0 saturated carbocycles. The van der Waals surface area contributed by atoms with Crippen LogP contribution in [0.5, 0.6) is 5.75 Å². The Labute approximate surface area is 155 Å². The van der Waals surface area contributed by atoms with Crippen molar-refractivity contribution < 1.29 is 19.2 Å². The number of anilines is 2. The first-order valence-electron chi connectivity index (χ1n) is 8.52. The number of amides is 2. The molecule has 0 radical (unpaired) electrons. The number of carbonyl (C=O) groups is 2. The first kappa shape index (κ1) is 18.4. The van der Waals surface area contributed by atoms with E-state index in [2.05, 4.69) is 5.32 Å². The van der Waals surface area contributed by atoms with Crippen molar-refractivity contribution >= 4 is 28.9 Å². The third-order valence-electron chi connectivity index (χ3n) is 4.18. The summed E-state index contributed by atoms with van der Waals surface area (Å²) in [5.74, 6) is -0.347. The summed E-state index contributed by atoms with van der Waals surface area (Å²) in [5, 5.41) is 13.8. The van der Waals surface area contributed by atoms with E-state index >= 15 is 0 Å². The Morgan fingerprint density at radius 3 is 2.81 bits per heavy atom. The second kappa shape index (κ2) is 7.86. The summed E-state index contributed by atoms with van der Waals surface area (Å²) in [6, 6.07) is 11.5. The molecule has 0 bridgehead atoms. The van der Waals surface area contributed by atoms with E-state index in [0.717, 1.165) is 17.7 Å². The second-order valence-corrected chi connectivity index (χ2v) is 6.26. The Morgan fingerprint density at radius 2 is 2.11 bits per heavy atom. The van der Waals surface area contributed by atoms with Crippen LogP contribution in [0.15, 0.2) is 42.5 Å². The normalized spacial score (nSPS) is 13.5. The molecular formula is C19H19N3O5. The van der Waals surface area contributed by atoms with Gasteiger partial charge in [-0.2, -0.15) is 0 Å². The van der Waals surface area contributed by atoms with Crippen LogP contribution in [0.1, 0.15) is 18.4 Å². The summed E-state index contributed by atoms with van der Waals surface area (Å²) >= 11 is 0. The molecule has 1 N–H and O–H groups in total. The minimum absolute atomic E-state index is 0.0390. The predicted molar refractivity (Wildman–Crippen MR) is 100.0 cm³/mol. The van der Waals surface area contributed by atoms with Gasteiger partial charge in [-0.15, -0.1) is 0 Å². The van der Waals surface area contributed by atoms with Gasteiger partial charge in [-0.3, -0.25) is 19.7 Å². The van der Waals surface area contributed by atoms with Gasteiger partial charge in [-0.05, 0) is 43.2 Å². The van der Waals surface area contributed by atoms with E-state index in [-0.39, 0.29) is 24.0 Å². The Morgan fingerprint density at radius 1 is 1.30 bits per heavy atom. The number of nitrogens with one attached hydrogen (secondary N) is 1. The third-order valence-corrected chi connectivity index (χ3v) is 4.18. The van der Waals surface area contributed by atoms with Crippen molar-refractivity contribution in [3.63, 3.8) is 0 Å². The smallest absolute Gasteiger partial charge is 0.311 e. The van der Waals surface area contributed by atoms with Gasteiger partial charge >= 0.3 is 5.69 Å². The van der Waals surface area contributed by atoms with Gasteiger partial charge in [-0.1, -0.05) is 12.1 Å². The average molecular weight is 369 g/mol. The first-order chi connectivity index (χ1) is 12.9. The van der Waals surface area contributed by atoms with E-state index in [1.807, 2.05) is 6.07 Å². The zero-order valence-electron chi connectivity index (χ0n) is 14.8. The number of nitro benzene ring substituents is 1. The second-order valence-electron chi connectivity index (χ2n) is 6.26. The van der Waals surface area contributed by atoms with Crippen molar-refractivity contribution in [2.24, 2.45) is 0 Å². The molecule has 1 fully saturated rings. The molecule has 0 atom stereocenters. The van der Waals surface area contributed by atoms with E-state index in [9.17, 15) is 19.7 Å². The van der Waals surface area contributed by atoms with E-state index in [1.165, 1.54) is 12.1 Å². The van der Waals surface area contributed by atoms with Gasteiger partial charge in [0, 0.05) is 30.4 Å². The van der Waals surface area contributed by atoms with Crippen LogP contribution < -0.4 is 15.0 Å². The number of benzene rings is 2. The highest BCUT2D eigenvalue weighted by atomic mass is 16.6. The summed E-state index contributed by atoms with van der Waals surface area (Å²) in [7, 11) is 0. The lowest BCUT2D eigenvalue weighted by molar-refractivity contribution is -0.385. The average Bonchev–Trinajstić information content (AvgIpc) is 3.06. The van der Waals surface area contributed by atoms with Crippen LogP contribution in [-0.2, 0) is 9.59 Å². The number of hydrogen-bond acceptors (Lipinski definition) is 5. The fourth-order valence-electron chi connectivity index (χ4n) is 2.91. The molecule has 0 aliphatic carbocycles. The standard InChI is InChI=1S/C19H19N3O5/c1-13-7-8-17(16(10-13)22(25)26)27-12-18(23)20-14-4-2-5-15(11-14)21-9-3-6-19(21)24/h2,4-5,7-8,10-11H,3,6,9,12H2,1H3,(H,20,23). The number of nitro groups is 1. The summed E-state index contributed by atoms with van der Waals surface area (Å²) in [4.78, 5) is 36.2. The van der Waals surface area contributed by atoms with Crippen molar-refractivity contribution in [3.8, 4) is 5.75 Å². The van der Waals surface area contributed by atoms with E-state index in [1.54, 1.807) is 36.1 Å². The lowest BCUT2D eigenvalue weighted by Crippen LogP contribution is -2.24. The van der Waals surface area contributed by atoms with Gasteiger partial charge in [0.05, 0.1) is 4.92 Å². The molecular weight excluding hydrogens is 350 g/mol. The largest absolute Gasteiger partial charge is 0.477 e. The number of hydrogen-bond donors (Lipinski definition) is 1. The van der Waals surface area contributed by atoms with E-state index < -0.39 is 10.8 Å². The van der Waals surface area contributed by atoms with Crippen molar-refractivity contribution in [2.75, 3.05) is 23.4 Å². The maximum atomic E-state index is 12.1. The Balaban J connectivity index is 1.63. The molecule has 3 rings (SSSR count). The minimum Gasteiger partial charge on any atom is -0.477 e. The minimum atomic E-state index is -0.545. The van der Waals surface area contributed by atoms with E-state index in [4.69, 9.17) is 4.74 Å². The zero-order chi connectivity index (χ0) is 19.4. The molecule has 0 spiro atoms. The molecule has 27 heavy (non-hydrogen) atoms. The molecule has 1 heterocycles. The van der Waals surface area contributed by atoms with Crippen LogP contribution in [0.3, 0.4) is 0 Å². The molecule has 0 unspecified atom stereocenters. The fourth-order valence-corrected chi connectivity index (χ4v) is 2.91. The highest BCUT2D eigenvalue weighted by molar-refractivity contribution is 5.97. The molecule has 1 aliphatic rings. The van der Waals surface area contributed by atoms with Crippen molar-refractivity contribution in [3.05, 3.63) is 58.1 Å². The Hall–Kier alpha value is -3.42. The van der Waals surface area contributed by atoms with Crippen LogP contribution in [0.2, 0.25) is 0 Å². The fraction of sp³-hybridized carbons (Fsp3) is 0.263. The number of aryl methyl sites for hydroxylation is 1. The van der Waals surface area contributed by atoms with Gasteiger partial charge < -0.3 is 15.0 Å². The summed E-state index contributed by atoms with van der Waals surface area (Å²) in [6.07, 6.45) is 1.35. The van der Waals surface area contributed by atoms with Crippen molar-refractivity contribution in [2.45, 2.75) is 19.8 Å². The van der Waals surface area contributed by atoms with Crippen LogP contribution in [0.4, 0.5) is 17.1 Å². The van der Waals surface area contributed by atoms with Gasteiger partial charge in [0.1, 0.15) is 0 Å². The lowest BCUT2D eigenvalue weighted by atomic mass is 10.2. The molecule has 2 aromatic rings. The number of rotatable bonds is 6. The van der Waals surface area contributed by atoms with Crippen molar-refractivity contribution in [1.82, 2.24) is 0 Å². The SMILES string of the molecule is Cc1ccc(OCC(=O)Nc2cccc(N3CCCC3=O)c2)c([N+](=O)[O-])c1. The molecule has 8 heteroatoms. The summed E-state index contributed by atoms with van der Waals surface area (Å²) < 4.78 is 5.32. The van der Waals surface area contributed by atoms with Crippen LogP contribution in [-0.4, -0.2) is 29.9 Å². The Kier molecular flexibility index (Phi) is 5.35. The van der Waals surface area contributed by atoms with Crippen molar-refractivity contribution in [1.29, 1.82) is 0 Å². The lowest BCUT2D eigenvalue weighted by Gasteiger charge is -2.16. The molecule has 0 aromatic heterocycles. The van der Waals surface area contributed by atoms with Crippen LogP contribution in [0, 0.1) is 17.0 Å². The zero-order valence-corrected chi connectivity index (χ0v) is 14.8. The predicted octanol–water partition coefficient (Wildman–Crippen LogP) is 3.05. The molecule has 1 aliphatic heterocycles. The maximum absolute atomic E-state index is 12.1. The first-order valence-corrected chi connectivity index (χ1v) is 8.52. The number of nitrogens with zero attached hydrogens (tertiary/aromatic N) is 2. The molecule has 2 aromatic carbocycles. The monoisotopic (exact) mass is 369 g/mol. The van der Waals surface area contributed by atoms with Gasteiger partial charge in [0.15, 0.2) is 12.4 Å². The van der Waals surface area contributed by atoms with E-state index in [0.29, 0.717) is 18.7 Å². The summed E-state index contributed by atoms with van der Waals surface area (Å²) in [5.41, 5.74) is 1.80. The molecule has 8 nitrogen and oxygen atoms in total. The maximum Gasteiger partial charge on any atom is 0.311 e. The highest BCUT2D eigenvalue weighted by Gasteiger charge is 2.22. The van der Waals surface area contributed by atoms with Gasteiger partial charge in [0.2, 0.25) is 5.91 Å². The number of ether oxygens (including phenoxy) is 1. The van der Waals surface area contributed by atoms with Crippen LogP contribution >= 0.6 is 0 Å². The van der Waals surface area contributed by atoms with Gasteiger partial charge in [0.25, 0.3) is 5.91 Å². The molecule has 2 amide bonds. The topological polar surface area (TPSA) is 102 Å². The van der Waals surface area contributed by atoms with Gasteiger partial charge in [-0.25, -0.2) is 0 Å².